The Balaban J connectivity index is 2.13. The number of benzene rings is 2. The number of aromatic nitrogens is 1. The number of carboxylic acid groups (broad SMARTS) is 2. The molecule has 0 saturated carbocycles. The van der Waals surface area contributed by atoms with Crippen molar-refractivity contribution in [1.29, 1.82) is 0 Å². The number of aromatic carboxylic acids is 2. The van der Waals surface area contributed by atoms with Gasteiger partial charge >= 0.3 is 11.9 Å². The molecule has 0 aliphatic rings. The van der Waals surface area contributed by atoms with Crippen molar-refractivity contribution in [2.75, 3.05) is 0 Å². The molecule has 0 atom stereocenters. The van der Waals surface area contributed by atoms with Crippen molar-refractivity contribution in [2.45, 2.75) is 13.3 Å². The molecule has 140 valence electrons. The molecule has 0 radical (unpaired) electrons. The second-order valence-electron chi connectivity index (χ2n) is 6.31. The van der Waals surface area contributed by atoms with Crippen LogP contribution in [0.2, 0.25) is 0 Å². The summed E-state index contributed by atoms with van der Waals surface area (Å²) >= 11 is 0. The van der Waals surface area contributed by atoms with E-state index in [0.717, 1.165) is 11.1 Å². The maximum atomic E-state index is 11.8. The summed E-state index contributed by atoms with van der Waals surface area (Å²) in [6.45, 7) is 9.42. The second kappa shape index (κ2) is 7.41. The highest BCUT2D eigenvalue weighted by Crippen LogP contribution is 2.40. The van der Waals surface area contributed by atoms with E-state index in [1.807, 2.05) is 13.0 Å². The smallest absolute Gasteiger partial charge is 0.351 e. The van der Waals surface area contributed by atoms with E-state index in [1.165, 1.54) is 6.07 Å². The quantitative estimate of drug-likeness (QED) is 0.624. The van der Waals surface area contributed by atoms with Crippen LogP contribution in [0.1, 0.15) is 33.5 Å². The standard InChI is InChI=1S/C22H18N2O4/c1-4-17-19(23-2)18(20(22(27)28)24(17)3)14-10-8-13(9-11-14)15-6-5-7-16(12-15)21(25)26/h5-12H,4H2,1,3H3,(H,25,26)(H,27,28). The first kappa shape index (κ1) is 18.9. The number of nitrogens with zero attached hydrogens (tertiary/aromatic N) is 2. The van der Waals surface area contributed by atoms with E-state index in [4.69, 9.17) is 11.7 Å². The van der Waals surface area contributed by atoms with Crippen molar-refractivity contribution in [2.24, 2.45) is 7.05 Å². The lowest BCUT2D eigenvalue weighted by Gasteiger charge is -2.07. The molecule has 0 aliphatic carbocycles. The van der Waals surface area contributed by atoms with E-state index >= 15 is 0 Å². The molecule has 2 N–H and O–H groups in total. The normalized spacial score (nSPS) is 10.5. The first-order valence-electron chi connectivity index (χ1n) is 8.65. The lowest BCUT2D eigenvalue weighted by atomic mass is 9.98. The average molecular weight is 374 g/mol. The number of hydrogen-bond acceptors (Lipinski definition) is 2. The monoisotopic (exact) mass is 374 g/mol. The molecule has 0 unspecified atom stereocenters. The van der Waals surface area contributed by atoms with Crippen molar-refractivity contribution in [1.82, 2.24) is 4.57 Å². The molecule has 0 fully saturated rings. The van der Waals surface area contributed by atoms with Crippen molar-refractivity contribution >= 4 is 17.6 Å². The Morgan fingerprint density at radius 3 is 2.18 bits per heavy atom. The predicted octanol–water partition coefficient (Wildman–Crippen LogP) is 4.87. The van der Waals surface area contributed by atoms with E-state index in [0.29, 0.717) is 28.9 Å². The minimum atomic E-state index is -1.08. The molecule has 1 aromatic heterocycles. The van der Waals surface area contributed by atoms with E-state index < -0.39 is 11.9 Å². The van der Waals surface area contributed by atoms with Crippen LogP contribution in [0.4, 0.5) is 5.69 Å². The molecule has 28 heavy (non-hydrogen) atoms. The van der Waals surface area contributed by atoms with E-state index in [2.05, 4.69) is 4.85 Å². The molecule has 3 aromatic rings. The van der Waals surface area contributed by atoms with Crippen molar-refractivity contribution in [3.05, 3.63) is 76.9 Å². The zero-order chi connectivity index (χ0) is 20.4. The third kappa shape index (κ3) is 3.14. The highest BCUT2D eigenvalue weighted by Gasteiger charge is 2.25. The Morgan fingerprint density at radius 2 is 1.64 bits per heavy atom. The van der Waals surface area contributed by atoms with Crippen LogP contribution in [-0.4, -0.2) is 26.7 Å². The van der Waals surface area contributed by atoms with Gasteiger partial charge in [-0.25, -0.2) is 14.4 Å². The highest BCUT2D eigenvalue weighted by molar-refractivity contribution is 6.01. The molecule has 6 nitrogen and oxygen atoms in total. The minimum absolute atomic E-state index is 0.0866. The fourth-order valence-electron chi connectivity index (χ4n) is 3.43. The molecule has 0 spiro atoms. The largest absolute Gasteiger partial charge is 0.478 e. The molecule has 0 aliphatic heterocycles. The van der Waals surface area contributed by atoms with Gasteiger partial charge in [0.15, 0.2) is 0 Å². The molecule has 1 heterocycles. The van der Waals surface area contributed by atoms with Crippen LogP contribution in [0.15, 0.2) is 48.5 Å². The van der Waals surface area contributed by atoms with Crippen LogP contribution in [0.5, 0.6) is 0 Å². The number of carboxylic acids is 2. The van der Waals surface area contributed by atoms with Crippen molar-refractivity contribution < 1.29 is 19.8 Å². The lowest BCUT2D eigenvalue weighted by Crippen LogP contribution is -2.07. The molecular weight excluding hydrogens is 356 g/mol. The number of carbonyl (C=O) groups is 2. The van der Waals surface area contributed by atoms with Crippen LogP contribution in [-0.2, 0) is 13.5 Å². The topological polar surface area (TPSA) is 83.9 Å². The summed E-state index contributed by atoms with van der Waals surface area (Å²) in [5.41, 5.74) is 3.91. The van der Waals surface area contributed by atoms with Gasteiger partial charge in [0.2, 0.25) is 5.69 Å². The summed E-state index contributed by atoms with van der Waals surface area (Å²) in [5, 5.41) is 18.8. The Bertz CT molecular complexity index is 1120. The van der Waals surface area contributed by atoms with Gasteiger partial charge in [-0.1, -0.05) is 43.3 Å². The fourth-order valence-corrected chi connectivity index (χ4v) is 3.43. The zero-order valence-electron chi connectivity index (χ0n) is 15.4. The molecular formula is C22H18N2O4. The van der Waals surface area contributed by atoms with E-state index in [1.54, 1.807) is 48.0 Å². The van der Waals surface area contributed by atoms with Gasteiger partial charge in [-0.3, -0.25) is 0 Å². The molecule has 0 bridgehead atoms. The Kier molecular flexibility index (Phi) is 5.01. The van der Waals surface area contributed by atoms with Crippen molar-refractivity contribution in [3.63, 3.8) is 0 Å². The Labute approximate surface area is 162 Å². The minimum Gasteiger partial charge on any atom is -0.478 e. The summed E-state index contributed by atoms with van der Waals surface area (Å²) in [7, 11) is 1.66. The predicted molar refractivity (Wildman–Crippen MR) is 106 cm³/mol. The van der Waals surface area contributed by atoms with Gasteiger partial charge in [0.05, 0.1) is 12.1 Å². The SMILES string of the molecule is [C-]#[N+]c1c(-c2ccc(-c3cccc(C(=O)O)c3)cc2)c(C(=O)O)n(C)c1CC. The number of rotatable bonds is 5. The third-order valence-corrected chi connectivity index (χ3v) is 4.75. The van der Waals surface area contributed by atoms with Gasteiger partial charge in [0.25, 0.3) is 0 Å². The summed E-state index contributed by atoms with van der Waals surface area (Å²) in [6.07, 6.45) is 0.550. The van der Waals surface area contributed by atoms with Gasteiger partial charge in [-0.15, -0.1) is 0 Å². The fraction of sp³-hybridized carbons (Fsp3) is 0.136. The van der Waals surface area contributed by atoms with E-state index in [-0.39, 0.29) is 11.3 Å². The summed E-state index contributed by atoms with van der Waals surface area (Å²) < 4.78 is 1.56. The molecule has 0 saturated heterocycles. The van der Waals surface area contributed by atoms with Crippen LogP contribution in [0, 0.1) is 6.57 Å². The first-order chi connectivity index (χ1) is 13.4. The van der Waals surface area contributed by atoms with Crippen LogP contribution in [0.25, 0.3) is 27.1 Å². The molecule has 2 aromatic carbocycles. The van der Waals surface area contributed by atoms with Crippen LogP contribution < -0.4 is 0 Å². The maximum Gasteiger partial charge on any atom is 0.351 e. The Hall–Kier alpha value is -3.85. The Morgan fingerprint density at radius 1 is 1.00 bits per heavy atom. The van der Waals surface area contributed by atoms with Gasteiger partial charge < -0.3 is 14.8 Å². The van der Waals surface area contributed by atoms with Gasteiger partial charge in [0.1, 0.15) is 5.69 Å². The molecule has 3 rings (SSSR count). The van der Waals surface area contributed by atoms with Crippen LogP contribution >= 0.6 is 0 Å². The third-order valence-electron chi connectivity index (χ3n) is 4.75. The number of hydrogen-bond donors (Lipinski definition) is 2. The van der Waals surface area contributed by atoms with Crippen molar-refractivity contribution in [3.8, 4) is 22.3 Å². The van der Waals surface area contributed by atoms with E-state index in [9.17, 15) is 14.7 Å². The lowest BCUT2D eigenvalue weighted by molar-refractivity contribution is 0.0680. The molecule has 0 amide bonds. The van der Waals surface area contributed by atoms with Gasteiger partial charge in [-0.2, -0.15) is 0 Å². The van der Waals surface area contributed by atoms with Crippen LogP contribution in [0.3, 0.4) is 0 Å². The zero-order valence-corrected chi connectivity index (χ0v) is 15.4. The summed E-state index contributed by atoms with van der Waals surface area (Å²) in [6, 6.07) is 13.7. The summed E-state index contributed by atoms with van der Waals surface area (Å²) in [5.74, 6) is -2.08. The molecule has 6 heteroatoms. The van der Waals surface area contributed by atoms with Gasteiger partial charge in [0, 0.05) is 18.3 Å². The maximum absolute atomic E-state index is 11.8. The first-order valence-corrected chi connectivity index (χ1v) is 8.65. The average Bonchev–Trinajstić information content (AvgIpc) is 2.99. The second-order valence-corrected chi connectivity index (χ2v) is 6.31. The highest BCUT2D eigenvalue weighted by atomic mass is 16.4. The summed E-state index contributed by atoms with van der Waals surface area (Å²) in [4.78, 5) is 26.6. The van der Waals surface area contributed by atoms with Gasteiger partial charge in [-0.05, 0) is 35.2 Å².